The minimum Gasteiger partial charge on any atom is -0.481 e. The molecule has 2 aliphatic heterocycles. The summed E-state index contributed by atoms with van der Waals surface area (Å²) in [6.07, 6.45) is -0.0784. The van der Waals surface area contributed by atoms with Gasteiger partial charge in [0.1, 0.15) is 11.5 Å². The monoisotopic (exact) mass is 1080 g/mol. The summed E-state index contributed by atoms with van der Waals surface area (Å²) in [5.41, 5.74) is 5.52. The van der Waals surface area contributed by atoms with Crippen LogP contribution in [0.3, 0.4) is 0 Å². The molecule has 24 heteroatoms. The van der Waals surface area contributed by atoms with Crippen LogP contribution in [0.2, 0.25) is 0 Å². The average molecular weight is 1090 g/mol. The zero-order chi connectivity index (χ0) is 51.8. The van der Waals surface area contributed by atoms with Crippen molar-refractivity contribution >= 4 is 63.7 Å². The Morgan fingerprint density at radius 3 is 1.27 bits per heavy atom. The second-order valence-electron chi connectivity index (χ2n) is 16.5. The van der Waals surface area contributed by atoms with Gasteiger partial charge in [-0.15, -0.1) is 26.3 Å². The van der Waals surface area contributed by atoms with Crippen molar-refractivity contribution < 1.29 is 65.7 Å². The van der Waals surface area contributed by atoms with E-state index in [1.54, 1.807) is 24.8 Å². The first kappa shape index (κ1) is 57.1. The van der Waals surface area contributed by atoms with Crippen LogP contribution in [0.25, 0.3) is 11.1 Å². The maximum atomic E-state index is 12.3. The molecule has 388 valence electrons. The number of nitrogens with one attached hydrogen (secondary N) is 2. The number of likely N-dealkylation sites (tertiary alicyclic amines) is 2. The van der Waals surface area contributed by atoms with Crippen molar-refractivity contribution in [3.63, 3.8) is 0 Å². The summed E-state index contributed by atoms with van der Waals surface area (Å²) in [6.45, 7) is 4.84. The van der Waals surface area contributed by atoms with Crippen LogP contribution in [-0.2, 0) is 22.7 Å². The minimum absolute atomic E-state index is 0. The largest absolute Gasteiger partial charge is 0.573 e. The number of carbonyl (C=O) groups is 2. The van der Waals surface area contributed by atoms with Gasteiger partial charge in [0, 0.05) is 54.8 Å². The first-order valence-electron chi connectivity index (χ1n) is 22.2. The number of hydrogen-bond acceptors (Lipinski definition) is 14. The number of ether oxygens (including phenoxy) is 2. The van der Waals surface area contributed by atoms with Crippen molar-refractivity contribution in [2.24, 2.45) is 11.8 Å². The lowest BCUT2D eigenvalue weighted by atomic mass is 9.80. The third kappa shape index (κ3) is 19.6. The Morgan fingerprint density at radius 2 is 0.932 bits per heavy atom. The zero-order valence-electron chi connectivity index (χ0n) is 38.1. The molecule has 4 aromatic carbocycles. The summed E-state index contributed by atoms with van der Waals surface area (Å²) in [7, 11) is -1.70. The topological polar surface area (TPSA) is 216 Å². The second-order valence-corrected chi connectivity index (χ2v) is 17.4. The smallest absolute Gasteiger partial charge is 0.481 e. The number of halogens is 7. The number of alkyl halides is 6. The zero-order valence-corrected chi connectivity index (χ0v) is 39.7. The molecular weight excluding hydrogens is 1030 g/mol. The van der Waals surface area contributed by atoms with Gasteiger partial charge in [-0.3, -0.25) is 19.4 Å². The molecule has 4 heterocycles. The highest BCUT2D eigenvalue weighted by atomic mass is 79.9. The predicted octanol–water partition coefficient (Wildman–Crippen LogP) is 9.26. The molecule has 73 heavy (non-hydrogen) atoms. The fraction of sp³-hybridized carbons (Fsp3) is 0.306. The number of aromatic nitrogens is 4. The third-order valence-corrected chi connectivity index (χ3v) is 11.6. The van der Waals surface area contributed by atoms with E-state index in [1.165, 1.54) is 29.8 Å². The van der Waals surface area contributed by atoms with Gasteiger partial charge in [-0.25, -0.2) is 19.9 Å². The van der Waals surface area contributed by atoms with Crippen LogP contribution in [0.15, 0.2) is 126 Å². The van der Waals surface area contributed by atoms with E-state index in [0.29, 0.717) is 35.9 Å². The van der Waals surface area contributed by atoms with E-state index in [9.17, 15) is 35.9 Å². The van der Waals surface area contributed by atoms with Crippen LogP contribution >= 0.6 is 15.9 Å². The van der Waals surface area contributed by atoms with Crippen molar-refractivity contribution in [3.05, 3.63) is 137 Å². The molecule has 6 aromatic rings. The van der Waals surface area contributed by atoms with Gasteiger partial charge < -0.3 is 40.4 Å². The number of rotatable bonds is 14. The van der Waals surface area contributed by atoms with Gasteiger partial charge in [-0.05, 0) is 138 Å². The van der Waals surface area contributed by atoms with Crippen molar-refractivity contribution in [1.29, 1.82) is 0 Å². The van der Waals surface area contributed by atoms with Crippen LogP contribution in [0.1, 0.15) is 44.2 Å². The van der Waals surface area contributed by atoms with E-state index in [1.807, 2.05) is 36.4 Å². The van der Waals surface area contributed by atoms with E-state index < -0.39 is 37.5 Å². The molecule has 0 unspecified atom stereocenters. The van der Waals surface area contributed by atoms with Crippen molar-refractivity contribution in [2.75, 3.05) is 36.8 Å². The van der Waals surface area contributed by atoms with E-state index in [2.05, 4.69) is 77.9 Å². The highest BCUT2D eigenvalue weighted by Crippen LogP contribution is 2.28. The first-order chi connectivity index (χ1) is 34.2. The molecule has 0 amide bonds. The quantitative estimate of drug-likeness (QED) is 0.0443. The SMILES string of the molecule is C.O=C(O)C1CCN(Cc2ccc(Nc3ncc(-c4ccc(OC(F)(F)F)cc4)cn3)cc2)CC1.O=C(O)C1CCN(Cc2ccc(Nc3ncc(Br)cn3)cc2)CC1.OB(O)c1ccc(OC(F)(F)F)cc1. The highest BCUT2D eigenvalue weighted by Gasteiger charge is 2.32. The van der Waals surface area contributed by atoms with Crippen LogP contribution in [-0.4, -0.2) is 108 Å². The number of aliphatic carboxylic acids is 2. The predicted molar refractivity (Wildman–Crippen MR) is 264 cm³/mol. The van der Waals surface area contributed by atoms with Crippen molar-refractivity contribution in [3.8, 4) is 22.6 Å². The third-order valence-electron chi connectivity index (χ3n) is 11.2. The first-order valence-corrected chi connectivity index (χ1v) is 23.0. The van der Waals surface area contributed by atoms with E-state index in [-0.39, 0.29) is 30.5 Å². The Bertz CT molecular complexity index is 2630. The second kappa shape index (κ2) is 26.7. The summed E-state index contributed by atoms with van der Waals surface area (Å²) in [5.74, 6) is -1.54. The molecule has 0 atom stereocenters. The minimum atomic E-state index is -4.74. The van der Waals surface area contributed by atoms with Gasteiger partial charge in [0.2, 0.25) is 11.9 Å². The normalized spacial score (nSPS) is 14.5. The van der Waals surface area contributed by atoms with Gasteiger partial charge in [-0.2, -0.15) is 0 Å². The molecule has 2 fully saturated rings. The molecule has 2 aromatic heterocycles. The molecule has 0 spiro atoms. The number of benzene rings is 4. The number of carboxylic acid groups (broad SMARTS) is 2. The van der Waals surface area contributed by atoms with Gasteiger partial charge in [0.15, 0.2) is 0 Å². The Kier molecular flexibility index (Phi) is 20.9. The number of carboxylic acids is 2. The average Bonchev–Trinajstić information content (AvgIpc) is 3.34. The lowest BCUT2D eigenvalue weighted by Gasteiger charge is -2.30. The number of anilines is 4. The van der Waals surface area contributed by atoms with Crippen LogP contribution in [0, 0.1) is 11.8 Å². The molecule has 0 aliphatic carbocycles. The van der Waals surface area contributed by atoms with Crippen LogP contribution < -0.4 is 25.6 Å². The maximum absolute atomic E-state index is 12.3. The lowest BCUT2D eigenvalue weighted by Crippen LogP contribution is -2.35. The van der Waals surface area contributed by atoms with Crippen molar-refractivity contribution in [2.45, 2.75) is 58.9 Å². The fourth-order valence-electron chi connectivity index (χ4n) is 7.45. The molecule has 6 N–H and O–H groups in total. The molecule has 0 radical (unpaired) electrons. The summed E-state index contributed by atoms with van der Waals surface area (Å²) < 4.78 is 80.2. The molecule has 0 saturated carbocycles. The van der Waals surface area contributed by atoms with Crippen LogP contribution in [0.4, 0.5) is 49.6 Å². The van der Waals surface area contributed by atoms with Crippen LogP contribution in [0.5, 0.6) is 11.5 Å². The van der Waals surface area contributed by atoms with Gasteiger partial charge in [-0.1, -0.05) is 56.0 Å². The number of piperidine rings is 2. The Morgan fingerprint density at radius 1 is 0.575 bits per heavy atom. The lowest BCUT2D eigenvalue weighted by molar-refractivity contribution is -0.275. The van der Waals surface area contributed by atoms with E-state index in [4.69, 9.17) is 20.3 Å². The molecular formula is C49H52BBrF6N8O8. The number of nitrogens with zero attached hydrogens (tertiary/aromatic N) is 6. The van der Waals surface area contributed by atoms with Gasteiger partial charge in [0.25, 0.3) is 0 Å². The van der Waals surface area contributed by atoms with Gasteiger partial charge >= 0.3 is 31.8 Å². The summed E-state index contributed by atoms with van der Waals surface area (Å²) in [4.78, 5) is 43.6. The molecule has 16 nitrogen and oxygen atoms in total. The van der Waals surface area contributed by atoms with E-state index in [0.717, 1.165) is 97.8 Å². The maximum Gasteiger partial charge on any atom is 0.573 e. The Balaban J connectivity index is 0.000000220. The summed E-state index contributed by atoms with van der Waals surface area (Å²) in [5, 5.41) is 41.7. The molecule has 2 saturated heterocycles. The molecule has 2 aliphatic rings. The highest BCUT2D eigenvalue weighted by molar-refractivity contribution is 9.10. The van der Waals surface area contributed by atoms with E-state index >= 15 is 0 Å². The summed E-state index contributed by atoms with van der Waals surface area (Å²) in [6, 6.07) is 25.8. The molecule has 8 rings (SSSR count). The van der Waals surface area contributed by atoms with Crippen molar-refractivity contribution in [1.82, 2.24) is 29.7 Å². The Hall–Kier alpha value is -6.86. The fourth-order valence-corrected chi connectivity index (χ4v) is 7.65. The summed E-state index contributed by atoms with van der Waals surface area (Å²) >= 11 is 3.31. The standard InChI is InChI=1S/C24H23F3N4O3.C17H19BrN4O2.C7H6BF3O3.CH4/c25-24(26,27)34-21-7-3-17(4-8-21)19-13-28-23(29-14-19)30-20-5-1-16(2-6-20)15-31-11-9-18(10-12-31)22(32)33;18-14-9-19-17(20-10-14)21-15-3-1-12(2-4-15)11-22-7-5-13(6-8-22)16(23)24;9-7(10,11)14-6-3-1-5(2-4-6)8(12)13;/h1-8,13-14,18H,9-12,15H2,(H,32,33)(H,28,29,30);1-4,9-10,13H,5-8,11H2,(H,23,24)(H,19,20,21);1-4,12-13H;1H4. The molecule has 0 bridgehead atoms. The Labute approximate surface area is 425 Å². The van der Waals surface area contributed by atoms with Gasteiger partial charge in [0.05, 0.1) is 16.3 Å². The number of hydrogen-bond donors (Lipinski definition) is 6.